The lowest BCUT2D eigenvalue weighted by Crippen LogP contribution is -2.01. The van der Waals surface area contributed by atoms with Gasteiger partial charge in [0.1, 0.15) is 5.01 Å². The summed E-state index contributed by atoms with van der Waals surface area (Å²) in [7, 11) is 4.79. The molecule has 4 aromatic rings. The first-order valence-electron chi connectivity index (χ1n) is 10.5. The van der Waals surface area contributed by atoms with Crippen LogP contribution in [0.5, 0.6) is 17.2 Å². The Bertz CT molecular complexity index is 1210. The fourth-order valence-corrected chi connectivity index (χ4v) is 5.27. The Hall–Kier alpha value is -3.04. The molecule has 0 saturated carbocycles. The molecule has 172 valence electrons. The van der Waals surface area contributed by atoms with E-state index >= 15 is 0 Å². The largest absolute Gasteiger partial charge is 0.493 e. The highest BCUT2D eigenvalue weighted by Gasteiger charge is 2.19. The third-order valence-corrected chi connectivity index (χ3v) is 7.10. The number of rotatable bonds is 9. The molecule has 0 amide bonds. The Balaban J connectivity index is 1.56. The topological polar surface area (TPSA) is 71.3 Å². The number of hydrogen-bond acceptors (Lipinski definition) is 8. The fourth-order valence-electron chi connectivity index (χ4n) is 3.44. The molecule has 0 radical (unpaired) electrons. The van der Waals surface area contributed by atoms with E-state index in [-0.39, 0.29) is 0 Å². The summed E-state index contributed by atoms with van der Waals surface area (Å²) in [6, 6.07) is 12.2. The van der Waals surface area contributed by atoms with Gasteiger partial charge >= 0.3 is 0 Å². The molecule has 9 heteroatoms. The van der Waals surface area contributed by atoms with Crippen LogP contribution in [0.4, 0.5) is 0 Å². The van der Waals surface area contributed by atoms with Crippen LogP contribution >= 0.6 is 23.1 Å². The predicted octanol–water partition coefficient (Wildman–Crippen LogP) is 5.72. The number of hydrogen-bond donors (Lipinski definition) is 0. The minimum absolute atomic E-state index is 0.550. The zero-order chi connectivity index (χ0) is 23.4. The normalized spacial score (nSPS) is 10.9. The third-order valence-electron chi connectivity index (χ3n) is 5.16. The quantitative estimate of drug-likeness (QED) is 0.283. The smallest absolute Gasteiger partial charge is 0.203 e. The third kappa shape index (κ3) is 4.84. The van der Waals surface area contributed by atoms with Crippen LogP contribution in [0.3, 0.4) is 0 Å². The molecule has 0 aliphatic carbocycles. The molecule has 0 N–H and O–H groups in total. The zero-order valence-electron chi connectivity index (χ0n) is 19.3. The van der Waals surface area contributed by atoms with Crippen molar-refractivity contribution in [2.24, 2.45) is 0 Å². The lowest BCUT2D eigenvalue weighted by atomic mass is 10.1. The van der Waals surface area contributed by atoms with Gasteiger partial charge in [-0.1, -0.05) is 41.6 Å². The molecule has 0 saturated heterocycles. The van der Waals surface area contributed by atoms with E-state index in [1.807, 2.05) is 12.1 Å². The number of methoxy groups -OCH3 is 3. The Morgan fingerprint density at radius 3 is 2.24 bits per heavy atom. The Labute approximate surface area is 201 Å². The van der Waals surface area contributed by atoms with Gasteiger partial charge in [-0.2, -0.15) is 0 Å². The second-order valence-corrected chi connectivity index (χ2v) is 9.06. The summed E-state index contributed by atoms with van der Waals surface area (Å²) >= 11 is 3.29. The second kappa shape index (κ2) is 10.3. The molecule has 0 bridgehead atoms. The van der Waals surface area contributed by atoms with Gasteiger partial charge in [0, 0.05) is 28.8 Å². The number of thiazole rings is 1. The van der Waals surface area contributed by atoms with Crippen molar-refractivity contribution >= 4 is 23.1 Å². The van der Waals surface area contributed by atoms with E-state index < -0.39 is 0 Å². The van der Waals surface area contributed by atoms with Crippen LogP contribution in [0, 0.1) is 6.92 Å². The number of aryl methyl sites for hydroxylation is 1. The maximum atomic E-state index is 5.50. The van der Waals surface area contributed by atoms with Crippen molar-refractivity contribution in [3.63, 3.8) is 0 Å². The maximum Gasteiger partial charge on any atom is 0.203 e. The fraction of sp³-hybridized carbons (Fsp3) is 0.292. The van der Waals surface area contributed by atoms with Crippen LogP contribution in [-0.2, 0) is 12.3 Å². The van der Waals surface area contributed by atoms with Gasteiger partial charge in [-0.25, -0.2) is 4.98 Å². The number of nitrogens with zero attached hydrogens (tertiary/aromatic N) is 4. The summed E-state index contributed by atoms with van der Waals surface area (Å²) < 4.78 is 18.5. The Kier molecular flexibility index (Phi) is 7.20. The molecule has 0 aliphatic heterocycles. The van der Waals surface area contributed by atoms with Crippen molar-refractivity contribution in [3.8, 4) is 39.2 Å². The van der Waals surface area contributed by atoms with Crippen molar-refractivity contribution in [2.75, 3.05) is 21.3 Å². The van der Waals surface area contributed by atoms with E-state index in [0.29, 0.717) is 17.2 Å². The average molecular weight is 483 g/mol. The number of aromatic nitrogens is 4. The van der Waals surface area contributed by atoms with Gasteiger partial charge < -0.3 is 18.8 Å². The summed E-state index contributed by atoms with van der Waals surface area (Å²) in [5.74, 6) is 3.18. The number of ether oxygens (including phenoxy) is 3. The van der Waals surface area contributed by atoms with E-state index in [1.165, 1.54) is 5.56 Å². The zero-order valence-corrected chi connectivity index (χ0v) is 20.9. The minimum Gasteiger partial charge on any atom is -0.493 e. The first-order chi connectivity index (χ1) is 16.1. The SMILES string of the molecule is CCn1c(SCc2csc(-c3ccc(C)cc3)n2)nnc1-c1cc(OC)c(OC)c(OC)c1. The highest BCUT2D eigenvalue weighted by molar-refractivity contribution is 7.98. The Morgan fingerprint density at radius 2 is 1.64 bits per heavy atom. The van der Waals surface area contributed by atoms with Crippen molar-refractivity contribution in [1.29, 1.82) is 0 Å². The van der Waals surface area contributed by atoms with Gasteiger partial charge in [0.25, 0.3) is 0 Å². The summed E-state index contributed by atoms with van der Waals surface area (Å²) in [6.45, 7) is 4.89. The molecule has 2 aromatic carbocycles. The van der Waals surface area contributed by atoms with Gasteiger partial charge in [-0.05, 0) is 26.0 Å². The molecule has 4 rings (SSSR count). The predicted molar refractivity (Wildman–Crippen MR) is 133 cm³/mol. The molecule has 2 aromatic heterocycles. The molecule has 0 unspecified atom stereocenters. The number of benzene rings is 2. The van der Waals surface area contributed by atoms with E-state index in [1.54, 1.807) is 44.4 Å². The lowest BCUT2D eigenvalue weighted by molar-refractivity contribution is 0.324. The van der Waals surface area contributed by atoms with Gasteiger partial charge in [0.05, 0.1) is 27.0 Å². The summed E-state index contributed by atoms with van der Waals surface area (Å²) in [5.41, 5.74) is 4.26. The van der Waals surface area contributed by atoms with E-state index in [2.05, 4.69) is 58.3 Å². The molecule has 7 nitrogen and oxygen atoms in total. The molecule has 33 heavy (non-hydrogen) atoms. The molecule has 0 atom stereocenters. The van der Waals surface area contributed by atoms with Gasteiger partial charge in [-0.15, -0.1) is 21.5 Å². The van der Waals surface area contributed by atoms with Crippen molar-refractivity contribution in [3.05, 3.63) is 53.0 Å². The molecular weight excluding hydrogens is 456 g/mol. The van der Waals surface area contributed by atoms with E-state index in [9.17, 15) is 0 Å². The van der Waals surface area contributed by atoms with Crippen LogP contribution < -0.4 is 14.2 Å². The number of thioether (sulfide) groups is 1. The monoisotopic (exact) mass is 482 g/mol. The van der Waals surface area contributed by atoms with Crippen LogP contribution in [0.15, 0.2) is 46.9 Å². The van der Waals surface area contributed by atoms with Gasteiger partial charge in [-0.3, -0.25) is 0 Å². The van der Waals surface area contributed by atoms with Crippen LogP contribution in [-0.4, -0.2) is 41.1 Å². The Morgan fingerprint density at radius 1 is 0.939 bits per heavy atom. The summed E-state index contributed by atoms with van der Waals surface area (Å²) in [4.78, 5) is 4.80. The first-order valence-corrected chi connectivity index (χ1v) is 12.3. The lowest BCUT2D eigenvalue weighted by Gasteiger charge is -2.14. The first kappa shape index (κ1) is 23.1. The minimum atomic E-state index is 0.550. The van der Waals surface area contributed by atoms with E-state index in [0.717, 1.165) is 45.1 Å². The van der Waals surface area contributed by atoms with Crippen LogP contribution in [0.25, 0.3) is 22.0 Å². The van der Waals surface area contributed by atoms with E-state index in [4.69, 9.17) is 19.2 Å². The molecule has 2 heterocycles. The summed E-state index contributed by atoms with van der Waals surface area (Å²) in [5, 5.41) is 12.9. The summed E-state index contributed by atoms with van der Waals surface area (Å²) in [6.07, 6.45) is 0. The van der Waals surface area contributed by atoms with Gasteiger partial charge in [0.2, 0.25) is 5.75 Å². The molecule has 0 spiro atoms. The van der Waals surface area contributed by atoms with Gasteiger partial charge in [0.15, 0.2) is 22.5 Å². The average Bonchev–Trinajstić information content (AvgIpc) is 3.49. The molecule has 0 fully saturated rings. The van der Waals surface area contributed by atoms with Crippen LogP contribution in [0.2, 0.25) is 0 Å². The standard InChI is InChI=1S/C24H26N4O3S2/c1-6-28-22(17-11-19(29-3)21(31-5)20(12-17)30-4)26-27-24(28)33-14-18-13-32-23(25-18)16-9-7-15(2)8-10-16/h7-13H,6,14H2,1-5H3. The molecule has 0 aliphatic rings. The van der Waals surface area contributed by atoms with Crippen molar-refractivity contribution in [1.82, 2.24) is 19.7 Å². The maximum absolute atomic E-state index is 5.50. The van der Waals surface area contributed by atoms with Crippen molar-refractivity contribution < 1.29 is 14.2 Å². The van der Waals surface area contributed by atoms with Crippen LogP contribution in [0.1, 0.15) is 18.2 Å². The second-order valence-electron chi connectivity index (χ2n) is 7.26. The molecular formula is C24H26N4O3S2. The highest BCUT2D eigenvalue weighted by atomic mass is 32.2. The van der Waals surface area contributed by atoms with Crippen molar-refractivity contribution in [2.45, 2.75) is 31.3 Å². The highest BCUT2D eigenvalue weighted by Crippen LogP contribution is 2.41.